The molecule has 0 aliphatic heterocycles. The van der Waals surface area contributed by atoms with Gasteiger partial charge in [0.1, 0.15) is 5.75 Å². The van der Waals surface area contributed by atoms with Crippen molar-refractivity contribution >= 4 is 11.6 Å². The van der Waals surface area contributed by atoms with Crippen molar-refractivity contribution in [2.24, 2.45) is 0 Å². The molecule has 1 aromatic carbocycles. The monoisotopic (exact) mass is 192 g/mol. The summed E-state index contributed by atoms with van der Waals surface area (Å²) in [5.41, 5.74) is 6.35. The summed E-state index contributed by atoms with van der Waals surface area (Å²) < 4.78 is 0. The number of amides is 1. The first kappa shape index (κ1) is 8.87. The Hall–Kier alpha value is -1.71. The molecule has 2 rings (SSSR count). The number of nitrogen functional groups attached to an aromatic ring is 1. The van der Waals surface area contributed by atoms with Gasteiger partial charge in [-0.05, 0) is 31.0 Å². The van der Waals surface area contributed by atoms with E-state index in [4.69, 9.17) is 5.73 Å². The standard InChI is InChI=1S/C10H12N2O2/c11-9-4-3-7(13)5-8(9)10(14)12-6-1-2-6/h3-6,13H,1-2,11H2,(H,12,14). The van der Waals surface area contributed by atoms with Gasteiger partial charge in [-0.15, -0.1) is 0 Å². The van der Waals surface area contributed by atoms with Gasteiger partial charge in [-0.3, -0.25) is 4.79 Å². The van der Waals surface area contributed by atoms with E-state index in [-0.39, 0.29) is 11.7 Å². The number of nitrogens with one attached hydrogen (secondary N) is 1. The molecule has 0 bridgehead atoms. The number of phenols is 1. The maximum atomic E-state index is 11.6. The van der Waals surface area contributed by atoms with Crippen molar-refractivity contribution in [3.8, 4) is 5.75 Å². The van der Waals surface area contributed by atoms with Gasteiger partial charge in [-0.25, -0.2) is 0 Å². The average Bonchev–Trinajstić information content (AvgIpc) is 2.93. The second kappa shape index (κ2) is 3.21. The number of hydrogen-bond acceptors (Lipinski definition) is 3. The highest BCUT2D eigenvalue weighted by Crippen LogP contribution is 2.22. The number of nitrogens with two attached hydrogens (primary N) is 1. The SMILES string of the molecule is Nc1ccc(O)cc1C(=O)NC1CC1. The van der Waals surface area contributed by atoms with E-state index in [0.29, 0.717) is 17.3 Å². The van der Waals surface area contributed by atoms with Gasteiger partial charge in [0.15, 0.2) is 0 Å². The van der Waals surface area contributed by atoms with E-state index in [1.807, 2.05) is 0 Å². The molecule has 0 aromatic heterocycles. The molecule has 74 valence electrons. The highest BCUT2D eigenvalue weighted by Gasteiger charge is 2.24. The van der Waals surface area contributed by atoms with Gasteiger partial charge in [0.25, 0.3) is 5.91 Å². The number of anilines is 1. The van der Waals surface area contributed by atoms with Crippen LogP contribution in [0.25, 0.3) is 0 Å². The zero-order valence-corrected chi connectivity index (χ0v) is 7.66. The van der Waals surface area contributed by atoms with E-state index < -0.39 is 0 Å². The number of rotatable bonds is 2. The van der Waals surface area contributed by atoms with E-state index in [2.05, 4.69) is 5.32 Å². The molecule has 4 heteroatoms. The Balaban J connectivity index is 2.20. The Morgan fingerprint density at radius 1 is 1.50 bits per heavy atom. The van der Waals surface area contributed by atoms with Gasteiger partial charge in [0.2, 0.25) is 0 Å². The molecule has 0 unspecified atom stereocenters. The van der Waals surface area contributed by atoms with E-state index >= 15 is 0 Å². The fourth-order valence-corrected chi connectivity index (χ4v) is 1.23. The second-order valence-electron chi connectivity index (χ2n) is 3.52. The fourth-order valence-electron chi connectivity index (χ4n) is 1.23. The van der Waals surface area contributed by atoms with Crippen LogP contribution >= 0.6 is 0 Å². The molecule has 4 N–H and O–H groups in total. The Kier molecular flexibility index (Phi) is 2.04. The molecule has 1 saturated carbocycles. The van der Waals surface area contributed by atoms with Crippen molar-refractivity contribution in [2.45, 2.75) is 18.9 Å². The molecule has 1 aliphatic rings. The van der Waals surface area contributed by atoms with E-state index in [9.17, 15) is 9.90 Å². The van der Waals surface area contributed by atoms with Crippen LogP contribution in [0, 0.1) is 0 Å². The van der Waals surface area contributed by atoms with E-state index in [0.717, 1.165) is 12.8 Å². The molecule has 0 saturated heterocycles. The normalized spacial score (nSPS) is 15.1. The molecule has 1 aromatic rings. The molecule has 4 nitrogen and oxygen atoms in total. The maximum Gasteiger partial charge on any atom is 0.253 e. The molecule has 0 heterocycles. The van der Waals surface area contributed by atoms with Crippen LogP contribution in [0.4, 0.5) is 5.69 Å². The summed E-state index contributed by atoms with van der Waals surface area (Å²) in [4.78, 5) is 11.6. The van der Waals surface area contributed by atoms with Crippen molar-refractivity contribution in [1.29, 1.82) is 0 Å². The number of carbonyl (C=O) groups is 1. The Morgan fingerprint density at radius 2 is 2.21 bits per heavy atom. The third kappa shape index (κ3) is 1.79. The van der Waals surface area contributed by atoms with Crippen LogP contribution in [0.2, 0.25) is 0 Å². The average molecular weight is 192 g/mol. The lowest BCUT2D eigenvalue weighted by Gasteiger charge is -2.06. The minimum absolute atomic E-state index is 0.0557. The van der Waals surface area contributed by atoms with E-state index in [1.54, 1.807) is 0 Å². The summed E-state index contributed by atoms with van der Waals surface area (Å²) in [7, 11) is 0. The van der Waals surface area contributed by atoms with Gasteiger partial charge in [-0.2, -0.15) is 0 Å². The van der Waals surface area contributed by atoms with Gasteiger partial charge >= 0.3 is 0 Å². The summed E-state index contributed by atoms with van der Waals surface area (Å²) in [5.74, 6) is -0.152. The van der Waals surface area contributed by atoms with Crippen LogP contribution in [0.15, 0.2) is 18.2 Å². The molecule has 0 spiro atoms. The first-order valence-corrected chi connectivity index (χ1v) is 4.56. The number of aromatic hydroxyl groups is 1. The third-order valence-corrected chi connectivity index (χ3v) is 2.19. The zero-order valence-electron chi connectivity index (χ0n) is 7.66. The predicted molar refractivity (Wildman–Crippen MR) is 53.0 cm³/mol. The van der Waals surface area contributed by atoms with Crippen LogP contribution in [-0.2, 0) is 0 Å². The number of carbonyl (C=O) groups excluding carboxylic acids is 1. The van der Waals surface area contributed by atoms with Crippen LogP contribution in [0.1, 0.15) is 23.2 Å². The predicted octanol–water partition coefficient (Wildman–Crippen LogP) is 0.867. The summed E-state index contributed by atoms with van der Waals surface area (Å²) in [6, 6.07) is 4.66. The number of phenolic OH excluding ortho intramolecular Hbond substituents is 1. The first-order chi connectivity index (χ1) is 6.66. The Labute approximate surface area is 81.7 Å². The van der Waals surface area contributed by atoms with Crippen LogP contribution in [-0.4, -0.2) is 17.1 Å². The molecule has 1 fully saturated rings. The summed E-state index contributed by atoms with van der Waals surface area (Å²) in [6.07, 6.45) is 2.06. The van der Waals surface area contributed by atoms with Crippen LogP contribution in [0.5, 0.6) is 5.75 Å². The number of hydrogen-bond donors (Lipinski definition) is 3. The van der Waals surface area contributed by atoms with Gasteiger partial charge < -0.3 is 16.2 Å². The molecule has 0 radical (unpaired) electrons. The molecule has 14 heavy (non-hydrogen) atoms. The van der Waals surface area contributed by atoms with Crippen molar-refractivity contribution in [2.75, 3.05) is 5.73 Å². The summed E-state index contributed by atoms with van der Waals surface area (Å²) >= 11 is 0. The van der Waals surface area contributed by atoms with Gasteiger partial charge in [0.05, 0.1) is 5.56 Å². The Bertz CT molecular complexity index is 372. The maximum absolute atomic E-state index is 11.6. The molecule has 1 amide bonds. The highest BCUT2D eigenvalue weighted by molar-refractivity contribution is 5.99. The minimum Gasteiger partial charge on any atom is -0.508 e. The quantitative estimate of drug-likeness (QED) is 0.480. The van der Waals surface area contributed by atoms with Crippen molar-refractivity contribution in [3.05, 3.63) is 23.8 Å². The van der Waals surface area contributed by atoms with Crippen molar-refractivity contribution in [3.63, 3.8) is 0 Å². The summed E-state index contributed by atoms with van der Waals surface area (Å²) in [5, 5.41) is 12.0. The zero-order chi connectivity index (χ0) is 10.1. The molecule has 1 aliphatic carbocycles. The van der Waals surface area contributed by atoms with Gasteiger partial charge in [0, 0.05) is 11.7 Å². The van der Waals surface area contributed by atoms with Crippen LogP contribution in [0.3, 0.4) is 0 Å². The molecular weight excluding hydrogens is 180 g/mol. The first-order valence-electron chi connectivity index (χ1n) is 4.56. The second-order valence-corrected chi connectivity index (χ2v) is 3.52. The Morgan fingerprint density at radius 3 is 2.86 bits per heavy atom. The number of benzene rings is 1. The van der Waals surface area contributed by atoms with Crippen molar-refractivity contribution in [1.82, 2.24) is 5.32 Å². The van der Waals surface area contributed by atoms with Crippen LogP contribution < -0.4 is 11.1 Å². The lowest BCUT2D eigenvalue weighted by Crippen LogP contribution is -2.26. The molecule has 0 atom stereocenters. The van der Waals surface area contributed by atoms with E-state index in [1.165, 1.54) is 18.2 Å². The molecular formula is C10H12N2O2. The third-order valence-electron chi connectivity index (χ3n) is 2.19. The fraction of sp³-hybridized carbons (Fsp3) is 0.300. The summed E-state index contributed by atoms with van der Waals surface area (Å²) in [6.45, 7) is 0. The van der Waals surface area contributed by atoms with Crippen molar-refractivity contribution < 1.29 is 9.90 Å². The smallest absolute Gasteiger partial charge is 0.253 e. The highest BCUT2D eigenvalue weighted by atomic mass is 16.3. The minimum atomic E-state index is -0.207. The largest absolute Gasteiger partial charge is 0.508 e. The topological polar surface area (TPSA) is 75.3 Å². The lowest BCUT2D eigenvalue weighted by atomic mass is 10.1. The lowest BCUT2D eigenvalue weighted by molar-refractivity contribution is 0.0951. The van der Waals surface area contributed by atoms with Gasteiger partial charge in [-0.1, -0.05) is 0 Å².